The van der Waals surface area contributed by atoms with Crippen molar-refractivity contribution in [1.29, 1.82) is 0 Å². The first-order chi connectivity index (χ1) is 18.2. The highest BCUT2D eigenvalue weighted by atomic mass is 35.5. The molecule has 5 rings (SSSR count). The van der Waals surface area contributed by atoms with E-state index in [0.29, 0.717) is 33.9 Å². The number of ether oxygens (including phenoxy) is 1. The minimum atomic E-state index is -0.603. The third kappa shape index (κ3) is 4.82. The second-order valence-electron chi connectivity index (χ2n) is 8.88. The summed E-state index contributed by atoms with van der Waals surface area (Å²) >= 11 is 6.47. The molecule has 0 aliphatic heterocycles. The number of hydrogen-bond acceptors (Lipinski definition) is 7. The Morgan fingerprint density at radius 1 is 1.24 bits per heavy atom. The molecule has 9 nitrogen and oxygen atoms in total. The average Bonchev–Trinajstić information content (AvgIpc) is 3.50. The fraction of sp³-hybridized carbons (Fsp3) is 0.222. The van der Waals surface area contributed by atoms with E-state index in [4.69, 9.17) is 25.7 Å². The Hall–Kier alpha value is -4.31. The van der Waals surface area contributed by atoms with Crippen LogP contribution in [0.2, 0.25) is 5.02 Å². The number of fused-ring (bicyclic) bond motifs is 1. The van der Waals surface area contributed by atoms with E-state index in [-0.39, 0.29) is 17.4 Å². The number of benzene rings is 2. The third-order valence-corrected chi connectivity index (χ3v) is 6.55. The van der Waals surface area contributed by atoms with E-state index in [0.717, 1.165) is 16.6 Å². The highest BCUT2D eigenvalue weighted by Gasteiger charge is 2.22. The maximum Gasteiger partial charge on any atom is 0.289 e. The van der Waals surface area contributed by atoms with Crippen molar-refractivity contribution in [3.63, 3.8) is 0 Å². The van der Waals surface area contributed by atoms with Gasteiger partial charge in [-0.1, -0.05) is 23.7 Å². The number of carbonyl (C=O) groups excluding carboxylic acids is 1. The Balaban J connectivity index is 1.47. The van der Waals surface area contributed by atoms with Crippen molar-refractivity contribution in [2.24, 2.45) is 7.05 Å². The van der Waals surface area contributed by atoms with E-state index < -0.39 is 17.8 Å². The number of nitrogens with one attached hydrogen (secondary N) is 1. The van der Waals surface area contributed by atoms with Gasteiger partial charge in [-0.3, -0.25) is 4.79 Å². The normalized spacial score (nSPS) is 12.1. The molecule has 0 fully saturated rings. The first-order valence-electron chi connectivity index (χ1n) is 11.8. The van der Waals surface area contributed by atoms with Crippen LogP contribution in [0.3, 0.4) is 0 Å². The lowest BCUT2D eigenvalue weighted by molar-refractivity contribution is 0.0910. The van der Waals surface area contributed by atoms with E-state index in [1.165, 1.54) is 24.9 Å². The monoisotopic (exact) mass is 534 g/mol. The van der Waals surface area contributed by atoms with E-state index in [9.17, 15) is 9.18 Å². The average molecular weight is 535 g/mol. The van der Waals surface area contributed by atoms with Crippen LogP contribution < -0.4 is 10.1 Å². The van der Waals surface area contributed by atoms with Crippen LogP contribution in [-0.4, -0.2) is 30.6 Å². The summed E-state index contributed by atoms with van der Waals surface area (Å²) in [7, 11) is 1.83. The van der Waals surface area contributed by atoms with E-state index in [1.807, 2.05) is 38.2 Å². The summed E-state index contributed by atoms with van der Waals surface area (Å²) in [5, 5.41) is 8.03. The van der Waals surface area contributed by atoms with Crippen molar-refractivity contribution in [2.45, 2.75) is 33.4 Å². The minimum absolute atomic E-state index is 0.0179. The van der Waals surface area contributed by atoms with Gasteiger partial charge in [0.15, 0.2) is 12.2 Å². The Labute approximate surface area is 222 Å². The van der Waals surface area contributed by atoms with Crippen molar-refractivity contribution in [3.8, 4) is 17.1 Å². The predicted molar refractivity (Wildman–Crippen MR) is 139 cm³/mol. The molecule has 0 bridgehead atoms. The number of aryl methyl sites for hydroxylation is 3. The van der Waals surface area contributed by atoms with Gasteiger partial charge in [-0.15, -0.1) is 0 Å². The number of carbonyl (C=O) groups is 1. The van der Waals surface area contributed by atoms with E-state index >= 15 is 0 Å². The van der Waals surface area contributed by atoms with Gasteiger partial charge in [0.1, 0.15) is 30.0 Å². The second-order valence-corrected chi connectivity index (χ2v) is 9.28. The fourth-order valence-electron chi connectivity index (χ4n) is 4.36. The standard InChI is InChI=1S/C27H24ClFN6O3/c1-14-8-20(26-30-12-32-35(26)4)18-6-5-7-23(24(18)33-14)37-11-21-19(9-17(29)10-22(21)28)15(2)34-27(36)25-16(3)31-13-38-25/h5-10,12-13,15H,11H2,1-4H3,(H,34,36)/t15-/m0/s1. The molecule has 1 N–H and O–H groups in total. The van der Waals surface area contributed by atoms with Crippen molar-refractivity contribution in [2.75, 3.05) is 0 Å². The molecule has 0 spiro atoms. The van der Waals surface area contributed by atoms with Gasteiger partial charge in [0.05, 0.1) is 16.8 Å². The number of amides is 1. The summed E-state index contributed by atoms with van der Waals surface area (Å²) < 4.78 is 27.5. The van der Waals surface area contributed by atoms with Crippen molar-refractivity contribution >= 4 is 28.4 Å². The van der Waals surface area contributed by atoms with Crippen LogP contribution in [0.4, 0.5) is 4.39 Å². The van der Waals surface area contributed by atoms with Crippen LogP contribution in [0, 0.1) is 19.7 Å². The van der Waals surface area contributed by atoms with Gasteiger partial charge < -0.3 is 14.5 Å². The molecule has 0 saturated heterocycles. The Morgan fingerprint density at radius 3 is 2.76 bits per heavy atom. The second kappa shape index (κ2) is 10.2. The number of rotatable bonds is 7. The number of oxazole rings is 1. The number of para-hydroxylation sites is 1. The molecule has 5 aromatic rings. The lowest BCUT2D eigenvalue weighted by atomic mass is 10.0. The summed E-state index contributed by atoms with van der Waals surface area (Å²) in [6.45, 7) is 5.31. The van der Waals surface area contributed by atoms with Gasteiger partial charge in [0.25, 0.3) is 5.91 Å². The zero-order chi connectivity index (χ0) is 27.0. The lowest BCUT2D eigenvalue weighted by Crippen LogP contribution is -2.28. The third-order valence-electron chi connectivity index (χ3n) is 6.22. The van der Waals surface area contributed by atoms with Gasteiger partial charge >= 0.3 is 0 Å². The molecule has 0 unspecified atom stereocenters. The number of halogens is 2. The van der Waals surface area contributed by atoms with Gasteiger partial charge in [0, 0.05) is 29.3 Å². The van der Waals surface area contributed by atoms with Gasteiger partial charge in [-0.05, 0) is 50.6 Å². The number of nitrogens with zero attached hydrogens (tertiary/aromatic N) is 5. The Morgan fingerprint density at radius 2 is 2.05 bits per heavy atom. The molecule has 0 saturated carbocycles. The van der Waals surface area contributed by atoms with Crippen LogP contribution in [0.1, 0.15) is 46.0 Å². The number of pyridine rings is 1. The molecule has 0 aliphatic carbocycles. The van der Waals surface area contributed by atoms with Crippen LogP contribution >= 0.6 is 11.6 Å². The number of aromatic nitrogens is 5. The first kappa shape index (κ1) is 25.3. The van der Waals surface area contributed by atoms with Crippen LogP contribution in [0.5, 0.6) is 5.75 Å². The van der Waals surface area contributed by atoms with Gasteiger partial charge in [-0.2, -0.15) is 5.10 Å². The Kier molecular flexibility index (Phi) is 6.81. The van der Waals surface area contributed by atoms with Gasteiger partial charge in [0.2, 0.25) is 5.76 Å². The molecule has 3 aromatic heterocycles. The Bertz CT molecular complexity index is 1660. The smallest absolute Gasteiger partial charge is 0.289 e. The molecule has 2 aromatic carbocycles. The quantitative estimate of drug-likeness (QED) is 0.294. The van der Waals surface area contributed by atoms with Crippen molar-refractivity contribution in [1.82, 2.24) is 30.0 Å². The van der Waals surface area contributed by atoms with Gasteiger partial charge in [-0.25, -0.2) is 24.0 Å². The zero-order valence-corrected chi connectivity index (χ0v) is 21.9. The largest absolute Gasteiger partial charge is 0.487 e. The molecule has 194 valence electrons. The van der Waals surface area contributed by atoms with Crippen LogP contribution in [0.25, 0.3) is 22.3 Å². The highest BCUT2D eigenvalue weighted by molar-refractivity contribution is 6.31. The topological polar surface area (TPSA) is 108 Å². The SMILES string of the molecule is Cc1cc(-c2ncnn2C)c2cccc(OCc3c(Cl)cc(F)cc3[C@H](C)NC(=O)c3ocnc3C)c2n1. The van der Waals surface area contributed by atoms with Crippen LogP contribution in [-0.2, 0) is 13.7 Å². The molecule has 0 radical (unpaired) electrons. The molecule has 3 heterocycles. The molecular formula is C27H24ClFN6O3. The zero-order valence-electron chi connectivity index (χ0n) is 21.1. The van der Waals surface area contributed by atoms with Crippen molar-refractivity contribution in [3.05, 3.63) is 88.2 Å². The first-order valence-corrected chi connectivity index (χ1v) is 12.2. The van der Waals surface area contributed by atoms with E-state index in [1.54, 1.807) is 18.5 Å². The number of hydrogen-bond donors (Lipinski definition) is 1. The molecule has 11 heteroatoms. The summed E-state index contributed by atoms with van der Waals surface area (Å²) in [6, 6.07) is 9.52. The maximum atomic E-state index is 14.4. The van der Waals surface area contributed by atoms with E-state index in [2.05, 4.69) is 20.4 Å². The molecule has 1 amide bonds. The maximum absolute atomic E-state index is 14.4. The van der Waals surface area contributed by atoms with Crippen LogP contribution in [0.15, 0.2) is 53.5 Å². The molecule has 1 atom stereocenters. The highest BCUT2D eigenvalue weighted by Crippen LogP contribution is 2.34. The summed E-state index contributed by atoms with van der Waals surface area (Å²) in [6.07, 6.45) is 2.70. The predicted octanol–water partition coefficient (Wildman–Crippen LogP) is 5.50. The summed E-state index contributed by atoms with van der Waals surface area (Å²) in [5.41, 5.74) is 3.77. The lowest BCUT2D eigenvalue weighted by Gasteiger charge is -2.20. The minimum Gasteiger partial charge on any atom is -0.487 e. The van der Waals surface area contributed by atoms with Crippen molar-refractivity contribution < 1.29 is 18.3 Å². The fourth-order valence-corrected chi connectivity index (χ4v) is 4.63. The molecular weight excluding hydrogens is 511 g/mol. The summed E-state index contributed by atoms with van der Waals surface area (Å²) in [5.74, 6) is 0.322. The molecule has 38 heavy (non-hydrogen) atoms. The summed E-state index contributed by atoms with van der Waals surface area (Å²) in [4.78, 5) is 25.7. The molecule has 0 aliphatic rings.